The summed E-state index contributed by atoms with van der Waals surface area (Å²) in [4.78, 5) is 12.5. The van der Waals surface area contributed by atoms with Crippen LogP contribution in [0, 0.1) is 0 Å². The Kier molecular flexibility index (Phi) is 6.11. The number of nitrogens with zero attached hydrogens (tertiary/aromatic N) is 2. The van der Waals surface area contributed by atoms with Crippen molar-refractivity contribution in [2.45, 2.75) is 31.7 Å². The summed E-state index contributed by atoms with van der Waals surface area (Å²) in [7, 11) is -3.48. The third-order valence-corrected chi connectivity index (χ3v) is 6.60. The Bertz CT molecular complexity index is 1050. The molecule has 0 spiro atoms. The van der Waals surface area contributed by atoms with E-state index in [-0.39, 0.29) is 17.2 Å². The SMILES string of the molecule is CCN(CC)S(=O)(=O)c1ccc(CNC(=O)Cc2noc3ccccc23)cc1. The van der Waals surface area contributed by atoms with E-state index in [4.69, 9.17) is 4.52 Å². The molecule has 3 aromatic rings. The van der Waals surface area contributed by atoms with Gasteiger partial charge in [0.05, 0.1) is 11.3 Å². The Labute approximate surface area is 164 Å². The quantitative estimate of drug-likeness (QED) is 0.626. The molecule has 8 heteroatoms. The summed E-state index contributed by atoms with van der Waals surface area (Å²) in [5, 5.41) is 7.60. The van der Waals surface area contributed by atoms with Crippen LogP contribution in [0.25, 0.3) is 11.0 Å². The molecule has 28 heavy (non-hydrogen) atoms. The Morgan fingerprint density at radius 2 is 1.75 bits per heavy atom. The molecule has 2 aromatic carbocycles. The van der Waals surface area contributed by atoms with Crippen molar-refractivity contribution in [3.8, 4) is 0 Å². The summed E-state index contributed by atoms with van der Waals surface area (Å²) >= 11 is 0. The van der Waals surface area contributed by atoms with E-state index in [0.717, 1.165) is 10.9 Å². The number of nitrogens with one attached hydrogen (secondary N) is 1. The number of carbonyl (C=O) groups excluding carboxylic acids is 1. The molecule has 0 bridgehead atoms. The predicted molar refractivity (Wildman–Crippen MR) is 106 cm³/mol. The van der Waals surface area contributed by atoms with Crippen molar-refractivity contribution < 1.29 is 17.7 Å². The van der Waals surface area contributed by atoms with Crippen molar-refractivity contribution >= 4 is 26.9 Å². The van der Waals surface area contributed by atoms with Gasteiger partial charge >= 0.3 is 0 Å². The zero-order valence-corrected chi connectivity index (χ0v) is 16.7. The Morgan fingerprint density at radius 3 is 2.43 bits per heavy atom. The van der Waals surface area contributed by atoms with Gasteiger partial charge in [-0.3, -0.25) is 4.79 Å². The first-order chi connectivity index (χ1) is 13.5. The number of amides is 1. The molecule has 0 saturated carbocycles. The lowest BCUT2D eigenvalue weighted by Gasteiger charge is -2.18. The van der Waals surface area contributed by atoms with E-state index in [1.807, 2.05) is 32.0 Å². The van der Waals surface area contributed by atoms with Crippen LogP contribution >= 0.6 is 0 Å². The smallest absolute Gasteiger partial charge is 0.243 e. The molecule has 1 amide bonds. The lowest BCUT2D eigenvalue weighted by Crippen LogP contribution is -2.30. The van der Waals surface area contributed by atoms with Gasteiger partial charge in [-0.2, -0.15) is 4.31 Å². The minimum absolute atomic E-state index is 0.117. The fourth-order valence-electron chi connectivity index (χ4n) is 2.97. The molecule has 0 fully saturated rings. The fourth-order valence-corrected chi connectivity index (χ4v) is 4.43. The van der Waals surface area contributed by atoms with Gasteiger partial charge in [0.15, 0.2) is 5.58 Å². The number of aromatic nitrogens is 1. The highest BCUT2D eigenvalue weighted by Crippen LogP contribution is 2.18. The van der Waals surface area contributed by atoms with E-state index >= 15 is 0 Å². The molecular formula is C20H23N3O4S. The van der Waals surface area contributed by atoms with E-state index in [1.54, 1.807) is 30.3 Å². The predicted octanol–water partition coefficient (Wildman–Crippen LogP) is 2.72. The van der Waals surface area contributed by atoms with Crippen LogP contribution in [-0.4, -0.2) is 36.9 Å². The van der Waals surface area contributed by atoms with Crippen molar-refractivity contribution in [2.75, 3.05) is 13.1 Å². The molecule has 0 unspecified atom stereocenters. The summed E-state index contributed by atoms with van der Waals surface area (Å²) in [6.07, 6.45) is 0.117. The monoisotopic (exact) mass is 401 g/mol. The number of hydrogen-bond acceptors (Lipinski definition) is 5. The maximum Gasteiger partial charge on any atom is 0.243 e. The van der Waals surface area contributed by atoms with Crippen LogP contribution in [0.2, 0.25) is 0 Å². The van der Waals surface area contributed by atoms with Crippen LogP contribution in [0.4, 0.5) is 0 Å². The second-order valence-corrected chi connectivity index (χ2v) is 8.25. The van der Waals surface area contributed by atoms with Gasteiger partial charge in [-0.05, 0) is 29.8 Å². The first-order valence-corrected chi connectivity index (χ1v) is 10.6. The average Bonchev–Trinajstić information content (AvgIpc) is 3.10. The average molecular weight is 401 g/mol. The molecule has 1 heterocycles. The topological polar surface area (TPSA) is 92.5 Å². The second kappa shape index (κ2) is 8.53. The van der Waals surface area contributed by atoms with Crippen molar-refractivity contribution in [3.63, 3.8) is 0 Å². The van der Waals surface area contributed by atoms with Crippen LogP contribution < -0.4 is 5.32 Å². The maximum absolute atomic E-state index is 12.5. The molecule has 0 atom stereocenters. The molecule has 1 aromatic heterocycles. The molecule has 0 aliphatic heterocycles. The highest BCUT2D eigenvalue weighted by atomic mass is 32.2. The normalized spacial score (nSPS) is 11.8. The standard InChI is InChI=1S/C20H23N3O4S/c1-3-23(4-2)28(25,26)16-11-9-15(10-12-16)14-21-20(24)13-18-17-7-5-6-8-19(17)27-22-18/h5-12H,3-4,13-14H2,1-2H3,(H,21,24). The van der Waals surface area contributed by atoms with Crippen molar-refractivity contribution in [2.24, 2.45) is 0 Å². The lowest BCUT2D eigenvalue weighted by molar-refractivity contribution is -0.120. The van der Waals surface area contributed by atoms with Crippen molar-refractivity contribution in [1.29, 1.82) is 0 Å². The lowest BCUT2D eigenvalue weighted by atomic mass is 10.1. The molecule has 7 nitrogen and oxygen atoms in total. The van der Waals surface area contributed by atoms with Crippen molar-refractivity contribution in [3.05, 3.63) is 59.8 Å². The van der Waals surface area contributed by atoms with E-state index in [2.05, 4.69) is 10.5 Å². The zero-order chi connectivity index (χ0) is 20.1. The summed E-state index contributed by atoms with van der Waals surface area (Å²) in [5.41, 5.74) is 2.06. The fraction of sp³-hybridized carbons (Fsp3) is 0.300. The third kappa shape index (κ3) is 4.23. The largest absolute Gasteiger partial charge is 0.356 e. The summed E-state index contributed by atoms with van der Waals surface area (Å²) < 4.78 is 31.6. The number of benzene rings is 2. The number of para-hydroxylation sites is 1. The van der Waals surface area contributed by atoms with Gasteiger partial charge in [0.1, 0.15) is 5.69 Å². The molecule has 1 N–H and O–H groups in total. The molecule has 0 saturated heterocycles. The van der Waals surface area contributed by atoms with Crippen LogP contribution in [0.1, 0.15) is 25.1 Å². The maximum atomic E-state index is 12.5. The summed E-state index contributed by atoms with van der Waals surface area (Å²) in [6, 6.07) is 13.9. The Hall–Kier alpha value is -2.71. The first-order valence-electron chi connectivity index (χ1n) is 9.14. The summed E-state index contributed by atoms with van der Waals surface area (Å²) in [5.74, 6) is -0.182. The van der Waals surface area contributed by atoms with Crippen LogP contribution in [0.5, 0.6) is 0 Å². The molecule has 3 rings (SSSR count). The highest BCUT2D eigenvalue weighted by Gasteiger charge is 2.21. The van der Waals surface area contributed by atoms with E-state index in [0.29, 0.717) is 30.9 Å². The summed E-state index contributed by atoms with van der Waals surface area (Å²) in [6.45, 7) is 4.77. The van der Waals surface area contributed by atoms with Gasteiger partial charge in [-0.1, -0.05) is 43.3 Å². The van der Waals surface area contributed by atoms with Gasteiger partial charge in [0.25, 0.3) is 0 Å². The minimum atomic E-state index is -3.48. The second-order valence-electron chi connectivity index (χ2n) is 6.31. The van der Waals surface area contributed by atoms with E-state index < -0.39 is 10.0 Å². The molecule has 0 radical (unpaired) electrons. The Morgan fingerprint density at radius 1 is 1.07 bits per heavy atom. The minimum Gasteiger partial charge on any atom is -0.356 e. The van der Waals surface area contributed by atoms with Crippen LogP contribution in [-0.2, 0) is 27.8 Å². The molecular weight excluding hydrogens is 378 g/mol. The van der Waals surface area contributed by atoms with Gasteiger partial charge < -0.3 is 9.84 Å². The van der Waals surface area contributed by atoms with Gasteiger partial charge in [0, 0.05) is 25.0 Å². The first kappa shape index (κ1) is 20.0. The third-order valence-electron chi connectivity index (χ3n) is 4.54. The molecule has 0 aliphatic carbocycles. The van der Waals surface area contributed by atoms with Gasteiger partial charge in [-0.15, -0.1) is 0 Å². The number of rotatable bonds is 8. The number of hydrogen-bond donors (Lipinski definition) is 1. The van der Waals surface area contributed by atoms with E-state index in [9.17, 15) is 13.2 Å². The van der Waals surface area contributed by atoms with Crippen LogP contribution in [0.15, 0.2) is 57.9 Å². The van der Waals surface area contributed by atoms with Gasteiger partial charge in [0.2, 0.25) is 15.9 Å². The van der Waals surface area contributed by atoms with Crippen LogP contribution in [0.3, 0.4) is 0 Å². The Balaban J connectivity index is 1.61. The highest BCUT2D eigenvalue weighted by molar-refractivity contribution is 7.89. The number of fused-ring (bicyclic) bond motifs is 1. The number of sulfonamides is 1. The van der Waals surface area contributed by atoms with Crippen molar-refractivity contribution in [1.82, 2.24) is 14.8 Å². The zero-order valence-electron chi connectivity index (χ0n) is 15.9. The van der Waals surface area contributed by atoms with Gasteiger partial charge in [-0.25, -0.2) is 8.42 Å². The molecule has 148 valence electrons. The number of carbonyl (C=O) groups is 1. The molecule has 0 aliphatic rings. The van der Waals surface area contributed by atoms with E-state index in [1.165, 1.54) is 4.31 Å².